The lowest BCUT2D eigenvalue weighted by molar-refractivity contribution is -0.384. The standard InChI is InChI=1S/C27H38N6O9S/c1-16(28-22(34)11-12-23(35)42-3)24(36)29-17(2)27(39)32-14-5-6-21(32)26(38)31-20(13-15-43-4)25(37)30-18-7-9-19(10-8-18)33(40)41/h7-10,16-17,20-21H,5-6,11-15H2,1-4H3,(H,28,34)(H,29,36)(H,30,37)(H,31,38)/t16-,17-,20-,21+/m1/s1. The van der Waals surface area contributed by atoms with Gasteiger partial charge < -0.3 is 30.9 Å². The highest BCUT2D eigenvalue weighted by atomic mass is 32.2. The first kappa shape index (κ1) is 35.0. The molecule has 1 fully saturated rings. The summed E-state index contributed by atoms with van der Waals surface area (Å²) in [5, 5.41) is 21.3. The maximum absolute atomic E-state index is 13.3. The normalized spacial score (nSPS) is 16.3. The number of nitro benzene ring substituents is 1. The van der Waals surface area contributed by atoms with E-state index in [1.54, 1.807) is 0 Å². The molecule has 0 aliphatic carbocycles. The van der Waals surface area contributed by atoms with E-state index in [1.807, 2.05) is 6.26 Å². The zero-order valence-corrected chi connectivity index (χ0v) is 25.4. The van der Waals surface area contributed by atoms with E-state index in [-0.39, 0.29) is 25.1 Å². The van der Waals surface area contributed by atoms with Crippen molar-refractivity contribution >= 4 is 58.6 Å². The maximum Gasteiger partial charge on any atom is 0.306 e. The fraction of sp³-hybridized carbons (Fsp3) is 0.556. The molecule has 4 N–H and O–H groups in total. The number of non-ortho nitro benzene ring substituents is 1. The van der Waals surface area contributed by atoms with Crippen LogP contribution >= 0.6 is 11.8 Å². The van der Waals surface area contributed by atoms with Gasteiger partial charge in [-0.1, -0.05) is 0 Å². The number of methoxy groups -OCH3 is 1. The molecule has 2 rings (SSSR count). The third-order valence-electron chi connectivity index (χ3n) is 6.71. The summed E-state index contributed by atoms with van der Waals surface area (Å²) in [7, 11) is 1.20. The number of benzene rings is 1. The highest BCUT2D eigenvalue weighted by Crippen LogP contribution is 2.20. The van der Waals surface area contributed by atoms with Crippen molar-refractivity contribution in [2.45, 2.75) is 70.1 Å². The van der Waals surface area contributed by atoms with Gasteiger partial charge in [-0.15, -0.1) is 0 Å². The summed E-state index contributed by atoms with van der Waals surface area (Å²) >= 11 is 1.49. The number of nitro groups is 1. The Kier molecular flexibility index (Phi) is 13.9. The zero-order valence-electron chi connectivity index (χ0n) is 24.5. The van der Waals surface area contributed by atoms with Crippen LogP contribution in [0.5, 0.6) is 0 Å². The number of hydrogen-bond acceptors (Lipinski definition) is 10. The summed E-state index contributed by atoms with van der Waals surface area (Å²) < 4.78 is 4.48. The van der Waals surface area contributed by atoms with Crippen molar-refractivity contribution in [3.63, 3.8) is 0 Å². The summed E-state index contributed by atoms with van der Waals surface area (Å²) in [6.45, 7) is 3.19. The molecule has 1 aromatic rings. The molecule has 1 saturated heterocycles. The van der Waals surface area contributed by atoms with E-state index in [9.17, 15) is 38.9 Å². The van der Waals surface area contributed by atoms with E-state index in [1.165, 1.54) is 61.9 Å². The molecule has 0 spiro atoms. The van der Waals surface area contributed by atoms with Gasteiger partial charge in [0.2, 0.25) is 29.5 Å². The molecular formula is C27H38N6O9S. The molecule has 16 heteroatoms. The summed E-state index contributed by atoms with van der Waals surface area (Å²) in [6, 6.07) is 1.54. The second-order valence-corrected chi connectivity index (χ2v) is 10.9. The summed E-state index contributed by atoms with van der Waals surface area (Å²) in [4.78, 5) is 87.0. The van der Waals surface area contributed by atoms with Crippen molar-refractivity contribution in [2.75, 3.05) is 31.0 Å². The molecule has 0 aromatic heterocycles. The minimum absolute atomic E-state index is 0.128. The quantitative estimate of drug-likeness (QED) is 0.122. The van der Waals surface area contributed by atoms with Gasteiger partial charge in [-0.05, 0) is 57.3 Å². The third kappa shape index (κ3) is 10.9. The van der Waals surface area contributed by atoms with E-state index in [2.05, 4.69) is 26.0 Å². The number of nitrogens with one attached hydrogen (secondary N) is 4. The Bertz CT molecular complexity index is 1200. The minimum atomic E-state index is -1.01. The molecule has 5 amide bonds. The number of hydrogen-bond donors (Lipinski definition) is 4. The number of nitrogens with zero attached hydrogens (tertiary/aromatic N) is 2. The third-order valence-corrected chi connectivity index (χ3v) is 7.36. The molecule has 1 aliphatic rings. The molecule has 236 valence electrons. The molecule has 1 aromatic carbocycles. The van der Waals surface area contributed by atoms with Gasteiger partial charge in [-0.25, -0.2) is 0 Å². The summed E-state index contributed by atoms with van der Waals surface area (Å²) in [6.07, 6.45) is 2.77. The molecule has 0 radical (unpaired) electrons. The first-order chi connectivity index (χ1) is 20.4. The average molecular weight is 623 g/mol. The van der Waals surface area contributed by atoms with Crippen molar-refractivity contribution in [3.05, 3.63) is 34.4 Å². The number of ether oxygens (including phenoxy) is 1. The van der Waals surface area contributed by atoms with Crippen LogP contribution in [-0.2, 0) is 33.5 Å². The van der Waals surface area contributed by atoms with Crippen LogP contribution < -0.4 is 21.3 Å². The first-order valence-electron chi connectivity index (χ1n) is 13.7. The Balaban J connectivity index is 1.99. The van der Waals surface area contributed by atoms with Gasteiger partial charge >= 0.3 is 5.97 Å². The summed E-state index contributed by atoms with van der Waals surface area (Å²) in [5.41, 5.74) is 0.201. The van der Waals surface area contributed by atoms with Gasteiger partial charge in [0.05, 0.1) is 18.5 Å². The number of carbonyl (C=O) groups is 6. The lowest BCUT2D eigenvalue weighted by Gasteiger charge is -2.29. The Morgan fingerprint density at radius 1 is 1.02 bits per heavy atom. The van der Waals surface area contributed by atoms with Crippen molar-refractivity contribution < 1.29 is 38.4 Å². The molecule has 1 aliphatic heterocycles. The number of thioether (sulfide) groups is 1. The average Bonchev–Trinajstić information content (AvgIpc) is 3.47. The van der Waals surface area contributed by atoms with E-state index in [4.69, 9.17) is 0 Å². The summed E-state index contributed by atoms with van der Waals surface area (Å²) in [5.74, 6) is -2.66. The van der Waals surface area contributed by atoms with Crippen LogP contribution in [0.2, 0.25) is 0 Å². The molecule has 1 heterocycles. The Morgan fingerprint density at radius 2 is 1.70 bits per heavy atom. The maximum atomic E-state index is 13.3. The van der Waals surface area contributed by atoms with Crippen LogP contribution in [0.3, 0.4) is 0 Å². The number of rotatable bonds is 15. The van der Waals surface area contributed by atoms with Crippen LogP contribution in [0.25, 0.3) is 0 Å². The van der Waals surface area contributed by atoms with Crippen LogP contribution in [0.15, 0.2) is 24.3 Å². The number of anilines is 1. The van der Waals surface area contributed by atoms with Gasteiger partial charge in [0.25, 0.3) is 5.69 Å². The molecule has 0 saturated carbocycles. The highest BCUT2D eigenvalue weighted by Gasteiger charge is 2.38. The molecule has 0 bridgehead atoms. The molecular weight excluding hydrogens is 584 g/mol. The van der Waals surface area contributed by atoms with Gasteiger partial charge in [-0.3, -0.25) is 38.9 Å². The van der Waals surface area contributed by atoms with Crippen molar-refractivity contribution in [1.29, 1.82) is 0 Å². The monoisotopic (exact) mass is 622 g/mol. The van der Waals surface area contributed by atoms with Crippen LogP contribution in [-0.4, -0.2) is 95.2 Å². The van der Waals surface area contributed by atoms with E-state index >= 15 is 0 Å². The lowest BCUT2D eigenvalue weighted by Crippen LogP contribution is -2.56. The number of amides is 5. The Labute approximate surface area is 253 Å². The fourth-order valence-electron chi connectivity index (χ4n) is 4.32. The topological polar surface area (TPSA) is 206 Å². The highest BCUT2D eigenvalue weighted by molar-refractivity contribution is 7.98. The van der Waals surface area contributed by atoms with Gasteiger partial charge in [0, 0.05) is 30.8 Å². The molecule has 0 unspecified atom stereocenters. The van der Waals surface area contributed by atoms with E-state index < -0.39 is 64.6 Å². The Morgan fingerprint density at radius 3 is 2.30 bits per heavy atom. The SMILES string of the molecule is COC(=O)CCC(=O)N[C@H](C)C(=O)N[C@H](C)C(=O)N1CCC[C@H]1C(=O)N[C@H](CCSC)C(=O)Nc1ccc([N+](=O)[O-])cc1. The predicted molar refractivity (Wildman–Crippen MR) is 158 cm³/mol. The van der Waals surface area contributed by atoms with Crippen LogP contribution in [0.1, 0.15) is 46.0 Å². The van der Waals surface area contributed by atoms with Crippen LogP contribution in [0, 0.1) is 10.1 Å². The number of likely N-dealkylation sites (tertiary alicyclic amines) is 1. The van der Waals surface area contributed by atoms with Gasteiger partial charge in [0.15, 0.2) is 0 Å². The molecule has 43 heavy (non-hydrogen) atoms. The van der Waals surface area contributed by atoms with Gasteiger partial charge in [0.1, 0.15) is 24.2 Å². The zero-order chi connectivity index (χ0) is 32.1. The fourth-order valence-corrected chi connectivity index (χ4v) is 4.79. The van der Waals surface area contributed by atoms with Crippen molar-refractivity contribution in [2.24, 2.45) is 0 Å². The number of esters is 1. The second kappa shape index (κ2) is 17.0. The molecule has 15 nitrogen and oxygen atoms in total. The van der Waals surface area contributed by atoms with Crippen molar-refractivity contribution in [1.82, 2.24) is 20.9 Å². The first-order valence-corrected chi connectivity index (χ1v) is 15.1. The van der Waals surface area contributed by atoms with E-state index in [0.717, 1.165) is 0 Å². The Hall–Kier alpha value is -4.21. The minimum Gasteiger partial charge on any atom is -0.469 e. The van der Waals surface area contributed by atoms with Crippen molar-refractivity contribution in [3.8, 4) is 0 Å². The second-order valence-electron chi connectivity index (χ2n) is 9.92. The van der Waals surface area contributed by atoms with Gasteiger partial charge in [-0.2, -0.15) is 11.8 Å². The molecule has 4 atom stereocenters. The lowest BCUT2D eigenvalue weighted by atomic mass is 10.1. The van der Waals surface area contributed by atoms with E-state index in [0.29, 0.717) is 30.7 Å². The number of carbonyl (C=O) groups excluding carboxylic acids is 6. The largest absolute Gasteiger partial charge is 0.469 e. The predicted octanol–water partition coefficient (Wildman–Crippen LogP) is 0.725. The van der Waals surface area contributed by atoms with Crippen LogP contribution in [0.4, 0.5) is 11.4 Å². The smallest absolute Gasteiger partial charge is 0.306 e.